The first-order valence-electron chi connectivity index (χ1n) is 5.53. The van der Waals surface area contributed by atoms with Crippen molar-refractivity contribution >= 4 is 17.3 Å². The Balaban J connectivity index is 2.02. The van der Waals surface area contributed by atoms with Gasteiger partial charge in [-0.15, -0.1) is 11.3 Å². The van der Waals surface area contributed by atoms with Gasteiger partial charge in [-0.3, -0.25) is 4.79 Å². The van der Waals surface area contributed by atoms with Crippen LogP contribution in [0.5, 0.6) is 0 Å². The molecule has 17 heavy (non-hydrogen) atoms. The molecule has 3 nitrogen and oxygen atoms in total. The summed E-state index contributed by atoms with van der Waals surface area (Å²) in [5.74, 6) is -1.16. The van der Waals surface area contributed by atoms with Gasteiger partial charge in [0.25, 0.3) is 0 Å². The fourth-order valence-electron chi connectivity index (χ4n) is 2.17. The van der Waals surface area contributed by atoms with E-state index in [1.165, 1.54) is 0 Å². The van der Waals surface area contributed by atoms with E-state index in [2.05, 4.69) is 4.98 Å². The first-order valence-corrected chi connectivity index (χ1v) is 6.35. The summed E-state index contributed by atoms with van der Waals surface area (Å²) in [6.07, 6.45) is 1.54. The molecular weight excluding hydrogens is 234 g/mol. The third-order valence-electron chi connectivity index (χ3n) is 3.04. The molecule has 86 valence electrons. The van der Waals surface area contributed by atoms with Crippen LogP contribution in [0.2, 0.25) is 0 Å². The Morgan fingerprint density at radius 1 is 1.35 bits per heavy atom. The summed E-state index contributed by atoms with van der Waals surface area (Å²) in [4.78, 5) is 16.7. The van der Waals surface area contributed by atoms with Crippen molar-refractivity contribution in [3.8, 4) is 10.6 Å². The van der Waals surface area contributed by atoms with Crippen LogP contribution in [-0.2, 0) is 11.2 Å². The normalized spacial score (nSPS) is 18.0. The first-order chi connectivity index (χ1) is 8.25. The molecule has 1 aromatic carbocycles. The highest BCUT2D eigenvalue weighted by Crippen LogP contribution is 2.39. The molecule has 1 aliphatic rings. The Labute approximate surface area is 103 Å². The maximum atomic E-state index is 11.1. The number of nitrogens with zero attached hydrogens (tertiary/aromatic N) is 1. The molecule has 1 N–H and O–H groups in total. The van der Waals surface area contributed by atoms with Gasteiger partial charge in [-0.25, -0.2) is 4.98 Å². The van der Waals surface area contributed by atoms with Gasteiger partial charge in [0.1, 0.15) is 10.9 Å². The number of rotatable bonds is 2. The molecule has 0 spiro atoms. The van der Waals surface area contributed by atoms with Gasteiger partial charge in [0.15, 0.2) is 0 Å². The van der Waals surface area contributed by atoms with E-state index < -0.39 is 11.9 Å². The van der Waals surface area contributed by atoms with Gasteiger partial charge >= 0.3 is 5.97 Å². The van der Waals surface area contributed by atoms with Crippen molar-refractivity contribution in [1.29, 1.82) is 0 Å². The fraction of sp³-hybridized carbons (Fsp3) is 0.231. The zero-order valence-electron chi connectivity index (χ0n) is 9.09. The van der Waals surface area contributed by atoms with Crippen molar-refractivity contribution in [3.05, 3.63) is 40.9 Å². The summed E-state index contributed by atoms with van der Waals surface area (Å²) < 4.78 is 0. The smallest absolute Gasteiger partial charge is 0.312 e. The van der Waals surface area contributed by atoms with Crippen LogP contribution in [0.15, 0.2) is 30.3 Å². The lowest BCUT2D eigenvalue weighted by Gasteiger charge is -2.01. The summed E-state index contributed by atoms with van der Waals surface area (Å²) >= 11 is 1.62. The molecule has 3 rings (SSSR count). The van der Waals surface area contributed by atoms with Gasteiger partial charge in [0, 0.05) is 10.4 Å². The third-order valence-corrected chi connectivity index (χ3v) is 4.22. The molecule has 1 unspecified atom stereocenters. The maximum absolute atomic E-state index is 11.1. The molecule has 0 amide bonds. The number of hydrogen-bond acceptors (Lipinski definition) is 3. The lowest BCUT2D eigenvalue weighted by atomic mass is 10.1. The second-order valence-electron chi connectivity index (χ2n) is 4.12. The first kappa shape index (κ1) is 10.5. The van der Waals surface area contributed by atoms with E-state index in [1.54, 1.807) is 11.3 Å². The maximum Gasteiger partial charge on any atom is 0.312 e. The molecule has 0 bridgehead atoms. The highest BCUT2D eigenvalue weighted by atomic mass is 32.1. The second-order valence-corrected chi connectivity index (χ2v) is 5.21. The SMILES string of the molecule is O=C(O)C1CCc2sc(-c3ccccc3)nc21. The van der Waals surface area contributed by atoms with Gasteiger partial charge in [0.05, 0.1) is 5.69 Å². The van der Waals surface area contributed by atoms with Crippen molar-refractivity contribution < 1.29 is 9.90 Å². The van der Waals surface area contributed by atoms with Crippen molar-refractivity contribution in [2.75, 3.05) is 0 Å². The van der Waals surface area contributed by atoms with Crippen LogP contribution in [-0.4, -0.2) is 16.1 Å². The molecule has 1 aliphatic carbocycles. The van der Waals surface area contributed by atoms with Crippen LogP contribution in [0, 0.1) is 0 Å². The predicted molar refractivity (Wildman–Crippen MR) is 66.2 cm³/mol. The second kappa shape index (κ2) is 3.96. The monoisotopic (exact) mass is 245 g/mol. The number of benzene rings is 1. The quantitative estimate of drug-likeness (QED) is 0.885. The minimum atomic E-state index is -0.756. The van der Waals surface area contributed by atoms with Crippen LogP contribution >= 0.6 is 11.3 Å². The number of aromatic nitrogens is 1. The van der Waals surface area contributed by atoms with E-state index in [-0.39, 0.29) is 0 Å². The lowest BCUT2D eigenvalue weighted by Crippen LogP contribution is -2.08. The van der Waals surface area contributed by atoms with Crippen molar-refractivity contribution in [2.45, 2.75) is 18.8 Å². The standard InChI is InChI=1S/C13H11NO2S/c15-13(16)9-6-7-10-11(9)14-12(17-10)8-4-2-1-3-5-8/h1-5,9H,6-7H2,(H,15,16). The summed E-state index contributed by atoms with van der Waals surface area (Å²) in [5.41, 5.74) is 1.84. The fourth-order valence-corrected chi connectivity index (χ4v) is 3.32. The van der Waals surface area contributed by atoms with E-state index in [4.69, 9.17) is 5.11 Å². The van der Waals surface area contributed by atoms with Crippen LogP contribution < -0.4 is 0 Å². The molecule has 1 atom stereocenters. The number of carboxylic acids is 1. The molecule has 0 saturated carbocycles. The predicted octanol–water partition coefficient (Wildman–Crippen LogP) is 2.92. The number of aryl methyl sites for hydroxylation is 1. The number of thiazole rings is 1. The summed E-state index contributed by atoms with van der Waals surface area (Å²) in [5, 5.41) is 10.0. The number of fused-ring (bicyclic) bond motifs is 1. The van der Waals surface area contributed by atoms with E-state index in [0.29, 0.717) is 6.42 Å². The lowest BCUT2D eigenvalue weighted by molar-refractivity contribution is -0.138. The minimum Gasteiger partial charge on any atom is -0.481 e. The van der Waals surface area contributed by atoms with E-state index in [0.717, 1.165) is 27.6 Å². The van der Waals surface area contributed by atoms with Crippen LogP contribution in [0.4, 0.5) is 0 Å². The third kappa shape index (κ3) is 1.74. The molecular formula is C13H11NO2S. The molecule has 0 saturated heterocycles. The van der Waals surface area contributed by atoms with Crippen molar-refractivity contribution in [3.63, 3.8) is 0 Å². The summed E-state index contributed by atoms with van der Waals surface area (Å²) in [7, 11) is 0. The highest BCUT2D eigenvalue weighted by Gasteiger charge is 2.32. The van der Waals surface area contributed by atoms with Crippen molar-refractivity contribution in [1.82, 2.24) is 4.98 Å². The zero-order valence-corrected chi connectivity index (χ0v) is 9.91. The Morgan fingerprint density at radius 2 is 2.12 bits per heavy atom. The van der Waals surface area contributed by atoms with Gasteiger partial charge in [-0.2, -0.15) is 0 Å². The minimum absolute atomic E-state index is 0.404. The Bertz CT molecular complexity index is 562. The van der Waals surface area contributed by atoms with E-state index in [9.17, 15) is 4.79 Å². The van der Waals surface area contributed by atoms with E-state index in [1.807, 2.05) is 30.3 Å². The number of carbonyl (C=O) groups is 1. The van der Waals surface area contributed by atoms with E-state index >= 15 is 0 Å². The zero-order chi connectivity index (χ0) is 11.8. The molecule has 0 radical (unpaired) electrons. The van der Waals surface area contributed by atoms with Gasteiger partial charge in [0.2, 0.25) is 0 Å². The van der Waals surface area contributed by atoms with Gasteiger partial charge < -0.3 is 5.11 Å². The van der Waals surface area contributed by atoms with Crippen LogP contribution in [0.25, 0.3) is 10.6 Å². The molecule has 0 aliphatic heterocycles. The van der Waals surface area contributed by atoms with Crippen LogP contribution in [0.3, 0.4) is 0 Å². The molecule has 1 aromatic heterocycles. The van der Waals surface area contributed by atoms with Gasteiger partial charge in [-0.1, -0.05) is 30.3 Å². The topological polar surface area (TPSA) is 50.2 Å². The summed E-state index contributed by atoms with van der Waals surface area (Å²) in [6.45, 7) is 0. The number of aliphatic carboxylic acids is 1. The summed E-state index contributed by atoms with van der Waals surface area (Å²) in [6, 6.07) is 9.91. The largest absolute Gasteiger partial charge is 0.481 e. The van der Waals surface area contributed by atoms with Gasteiger partial charge in [-0.05, 0) is 12.8 Å². The molecule has 4 heteroatoms. The Morgan fingerprint density at radius 3 is 2.82 bits per heavy atom. The van der Waals surface area contributed by atoms with Crippen LogP contribution in [0.1, 0.15) is 22.9 Å². The highest BCUT2D eigenvalue weighted by molar-refractivity contribution is 7.15. The molecule has 0 fully saturated rings. The number of carboxylic acid groups (broad SMARTS) is 1. The Hall–Kier alpha value is -1.68. The Kier molecular flexibility index (Phi) is 2.44. The van der Waals surface area contributed by atoms with Crippen molar-refractivity contribution in [2.24, 2.45) is 0 Å². The molecule has 2 aromatic rings. The average molecular weight is 245 g/mol. The average Bonchev–Trinajstić information content (AvgIpc) is 2.88. The number of hydrogen-bond donors (Lipinski definition) is 1. The molecule has 1 heterocycles.